The van der Waals surface area contributed by atoms with Gasteiger partial charge in [-0.1, -0.05) is 0 Å². The van der Waals surface area contributed by atoms with Crippen molar-refractivity contribution in [1.29, 1.82) is 0 Å². The highest BCUT2D eigenvalue weighted by molar-refractivity contribution is 7.09. The molecule has 0 spiro atoms. The summed E-state index contributed by atoms with van der Waals surface area (Å²) in [5, 5.41) is 9.12. The van der Waals surface area contributed by atoms with Crippen molar-refractivity contribution in [3.63, 3.8) is 0 Å². The van der Waals surface area contributed by atoms with Crippen LogP contribution in [0.5, 0.6) is 0 Å². The molecule has 106 valence electrons. The van der Waals surface area contributed by atoms with Crippen LogP contribution in [-0.4, -0.2) is 51.5 Å². The molecule has 2 amide bonds. The molecule has 0 aliphatic heterocycles. The molecule has 19 heavy (non-hydrogen) atoms. The van der Waals surface area contributed by atoms with Crippen LogP contribution >= 0.6 is 11.3 Å². The van der Waals surface area contributed by atoms with Crippen molar-refractivity contribution in [2.75, 3.05) is 14.1 Å². The topological polar surface area (TPSA) is 73.7 Å². The number of carboxylic acids is 1. The first-order chi connectivity index (χ1) is 8.67. The van der Waals surface area contributed by atoms with Crippen molar-refractivity contribution in [3.8, 4) is 0 Å². The standard InChI is InChI=1S/C12H19N3O3S/c1-8-9(19-7-13-8)6-14(4)11(18)15(5)12(2,3)10(16)17/h7H,6H2,1-5H3,(H,16,17). The minimum atomic E-state index is -1.24. The van der Waals surface area contributed by atoms with Crippen molar-refractivity contribution < 1.29 is 14.7 Å². The highest BCUT2D eigenvalue weighted by Gasteiger charge is 2.36. The van der Waals surface area contributed by atoms with Gasteiger partial charge >= 0.3 is 12.0 Å². The maximum absolute atomic E-state index is 12.2. The van der Waals surface area contributed by atoms with Gasteiger partial charge < -0.3 is 14.9 Å². The lowest BCUT2D eigenvalue weighted by Crippen LogP contribution is -2.54. The number of nitrogens with zero attached hydrogens (tertiary/aromatic N) is 3. The van der Waals surface area contributed by atoms with Crippen molar-refractivity contribution in [2.24, 2.45) is 0 Å². The molecule has 0 aliphatic rings. The molecule has 0 fully saturated rings. The van der Waals surface area contributed by atoms with Crippen LogP contribution in [0.15, 0.2) is 5.51 Å². The van der Waals surface area contributed by atoms with Crippen LogP contribution in [0, 0.1) is 6.92 Å². The molecule has 0 radical (unpaired) electrons. The third-order valence-corrected chi connectivity index (χ3v) is 4.12. The molecule has 1 heterocycles. The van der Waals surface area contributed by atoms with E-state index in [4.69, 9.17) is 5.11 Å². The Bertz CT molecular complexity index is 484. The van der Waals surface area contributed by atoms with Crippen LogP contribution in [-0.2, 0) is 11.3 Å². The van der Waals surface area contributed by atoms with Crippen LogP contribution in [0.3, 0.4) is 0 Å². The number of hydrogen-bond donors (Lipinski definition) is 1. The molecule has 0 atom stereocenters. The van der Waals surface area contributed by atoms with Crippen molar-refractivity contribution >= 4 is 23.3 Å². The Kier molecular flexibility index (Phi) is 4.52. The number of aliphatic carboxylic acids is 1. The Labute approximate surface area is 116 Å². The van der Waals surface area contributed by atoms with E-state index in [9.17, 15) is 9.59 Å². The van der Waals surface area contributed by atoms with E-state index in [-0.39, 0.29) is 6.03 Å². The molecule has 0 aromatic carbocycles. The Morgan fingerprint density at radius 3 is 2.42 bits per heavy atom. The van der Waals surface area contributed by atoms with Gasteiger partial charge in [0.1, 0.15) is 5.54 Å². The molecule has 1 aromatic rings. The average molecular weight is 285 g/mol. The van der Waals surface area contributed by atoms with Gasteiger partial charge in [-0.3, -0.25) is 0 Å². The predicted molar refractivity (Wildman–Crippen MR) is 73.2 cm³/mol. The number of aromatic nitrogens is 1. The van der Waals surface area contributed by atoms with Gasteiger partial charge in [-0.15, -0.1) is 11.3 Å². The first kappa shape index (κ1) is 15.4. The van der Waals surface area contributed by atoms with E-state index in [1.807, 2.05) is 6.92 Å². The van der Waals surface area contributed by atoms with E-state index in [0.29, 0.717) is 6.54 Å². The van der Waals surface area contributed by atoms with Gasteiger partial charge in [0.25, 0.3) is 0 Å². The van der Waals surface area contributed by atoms with E-state index < -0.39 is 11.5 Å². The van der Waals surface area contributed by atoms with Gasteiger partial charge in [0, 0.05) is 19.0 Å². The molecule has 0 unspecified atom stereocenters. The van der Waals surface area contributed by atoms with Crippen LogP contribution in [0.4, 0.5) is 4.79 Å². The number of likely N-dealkylation sites (N-methyl/N-ethyl adjacent to an activating group) is 1. The summed E-state index contributed by atoms with van der Waals surface area (Å²) in [4.78, 5) is 31.2. The highest BCUT2D eigenvalue weighted by atomic mass is 32.1. The minimum absolute atomic E-state index is 0.333. The number of amides is 2. The average Bonchev–Trinajstić information content (AvgIpc) is 2.72. The molecule has 6 nitrogen and oxygen atoms in total. The van der Waals surface area contributed by atoms with Gasteiger partial charge in [-0.2, -0.15) is 0 Å². The van der Waals surface area contributed by atoms with E-state index in [1.54, 1.807) is 12.6 Å². The Balaban J connectivity index is 2.78. The number of carboxylic acid groups (broad SMARTS) is 1. The zero-order valence-electron chi connectivity index (χ0n) is 11.8. The lowest BCUT2D eigenvalue weighted by atomic mass is 10.0. The van der Waals surface area contributed by atoms with E-state index in [0.717, 1.165) is 10.6 Å². The SMILES string of the molecule is Cc1ncsc1CN(C)C(=O)N(C)C(C)(C)C(=O)O. The number of carbonyl (C=O) groups excluding carboxylic acids is 1. The quantitative estimate of drug-likeness (QED) is 0.915. The Morgan fingerprint density at radius 1 is 1.42 bits per heavy atom. The second kappa shape index (κ2) is 5.56. The molecular weight excluding hydrogens is 266 g/mol. The number of rotatable bonds is 4. The fourth-order valence-corrected chi connectivity index (χ4v) is 2.23. The molecule has 1 rings (SSSR count). The molecular formula is C12H19N3O3S. The summed E-state index contributed by atoms with van der Waals surface area (Å²) in [6.07, 6.45) is 0. The van der Waals surface area contributed by atoms with Gasteiger partial charge in [-0.25, -0.2) is 14.6 Å². The fourth-order valence-electron chi connectivity index (χ4n) is 1.40. The minimum Gasteiger partial charge on any atom is -0.480 e. The first-order valence-electron chi connectivity index (χ1n) is 5.79. The summed E-state index contributed by atoms with van der Waals surface area (Å²) >= 11 is 1.48. The second-order valence-corrected chi connectivity index (χ2v) is 5.86. The van der Waals surface area contributed by atoms with Gasteiger partial charge in [-0.05, 0) is 20.8 Å². The predicted octanol–water partition coefficient (Wildman–Crippen LogP) is 1.80. The number of hydrogen-bond acceptors (Lipinski definition) is 4. The summed E-state index contributed by atoms with van der Waals surface area (Å²) in [6, 6.07) is -0.333. The zero-order chi connectivity index (χ0) is 14.8. The lowest BCUT2D eigenvalue weighted by molar-refractivity contribution is -0.147. The monoisotopic (exact) mass is 285 g/mol. The summed E-state index contributed by atoms with van der Waals surface area (Å²) in [6.45, 7) is 5.31. The summed E-state index contributed by atoms with van der Waals surface area (Å²) in [5.41, 5.74) is 1.38. The first-order valence-corrected chi connectivity index (χ1v) is 6.67. The van der Waals surface area contributed by atoms with Crippen LogP contribution in [0.1, 0.15) is 24.4 Å². The highest BCUT2D eigenvalue weighted by Crippen LogP contribution is 2.18. The third kappa shape index (κ3) is 3.23. The van der Waals surface area contributed by atoms with Crippen molar-refractivity contribution in [2.45, 2.75) is 32.9 Å². The van der Waals surface area contributed by atoms with Crippen LogP contribution < -0.4 is 0 Å². The van der Waals surface area contributed by atoms with Crippen molar-refractivity contribution in [1.82, 2.24) is 14.8 Å². The number of urea groups is 1. The largest absolute Gasteiger partial charge is 0.480 e. The second-order valence-electron chi connectivity index (χ2n) is 4.92. The summed E-state index contributed by atoms with van der Waals surface area (Å²) in [5.74, 6) is -1.04. The molecule has 7 heteroatoms. The summed E-state index contributed by atoms with van der Waals surface area (Å²) < 4.78 is 0. The molecule has 0 saturated carbocycles. The lowest BCUT2D eigenvalue weighted by Gasteiger charge is -2.34. The number of carbonyl (C=O) groups is 2. The molecule has 1 N–H and O–H groups in total. The van der Waals surface area contributed by atoms with Gasteiger partial charge in [0.15, 0.2) is 0 Å². The van der Waals surface area contributed by atoms with Crippen LogP contribution in [0.25, 0.3) is 0 Å². The number of aryl methyl sites for hydroxylation is 1. The maximum Gasteiger partial charge on any atom is 0.329 e. The molecule has 0 bridgehead atoms. The third-order valence-electron chi connectivity index (χ3n) is 3.20. The normalized spacial score (nSPS) is 11.2. The Morgan fingerprint density at radius 2 is 2.00 bits per heavy atom. The van der Waals surface area contributed by atoms with Crippen LogP contribution in [0.2, 0.25) is 0 Å². The summed E-state index contributed by atoms with van der Waals surface area (Å²) in [7, 11) is 3.14. The number of thiazole rings is 1. The van der Waals surface area contributed by atoms with E-state index in [1.165, 1.54) is 42.0 Å². The van der Waals surface area contributed by atoms with Gasteiger partial charge in [0.05, 0.1) is 17.7 Å². The maximum atomic E-state index is 12.2. The van der Waals surface area contributed by atoms with E-state index >= 15 is 0 Å². The van der Waals surface area contributed by atoms with E-state index in [2.05, 4.69) is 4.98 Å². The smallest absolute Gasteiger partial charge is 0.329 e. The Hall–Kier alpha value is -1.63. The zero-order valence-corrected chi connectivity index (χ0v) is 12.6. The van der Waals surface area contributed by atoms with Gasteiger partial charge in [0.2, 0.25) is 0 Å². The van der Waals surface area contributed by atoms with Crippen molar-refractivity contribution in [3.05, 3.63) is 16.1 Å². The molecule has 1 aromatic heterocycles. The molecule has 0 saturated heterocycles. The fraction of sp³-hybridized carbons (Fsp3) is 0.583. The molecule has 0 aliphatic carbocycles.